The molecule has 1 aliphatic rings. The first-order chi connectivity index (χ1) is 9.87. The molecule has 118 valence electrons. The van der Waals surface area contributed by atoms with Crippen LogP contribution in [0.2, 0.25) is 0 Å². The summed E-state index contributed by atoms with van der Waals surface area (Å²) in [4.78, 5) is 13.1. The lowest BCUT2D eigenvalue weighted by molar-refractivity contribution is 0.0691. The largest absolute Gasteiger partial charge is 0.478 e. The Bertz CT molecular complexity index is 619. The molecule has 2 rings (SSSR count). The lowest BCUT2D eigenvalue weighted by Gasteiger charge is -2.33. The standard InChI is InChI=1S/C11H18N4O5S/c1-8-9(11(17)18)10(13-12-8)21(19,20)15-4-2-14(3-5-15)6-7-16/h16H,2-7H2,1H3,(H,12,13)(H,17,18). The Balaban J connectivity index is 2.22. The molecule has 0 saturated carbocycles. The second-order valence-corrected chi connectivity index (χ2v) is 6.66. The van der Waals surface area contributed by atoms with E-state index in [1.807, 2.05) is 4.90 Å². The van der Waals surface area contributed by atoms with Gasteiger partial charge >= 0.3 is 5.97 Å². The minimum atomic E-state index is -3.93. The highest BCUT2D eigenvalue weighted by Gasteiger charge is 2.34. The molecule has 0 bridgehead atoms. The minimum Gasteiger partial charge on any atom is -0.478 e. The predicted molar refractivity (Wildman–Crippen MR) is 72.6 cm³/mol. The Labute approximate surface area is 122 Å². The Kier molecular flexibility index (Phi) is 4.61. The monoisotopic (exact) mass is 318 g/mol. The molecule has 10 heteroatoms. The molecule has 1 aromatic rings. The van der Waals surface area contributed by atoms with Gasteiger partial charge in [-0.2, -0.15) is 9.40 Å². The summed E-state index contributed by atoms with van der Waals surface area (Å²) in [7, 11) is -3.93. The predicted octanol–water partition coefficient (Wildman–Crippen LogP) is -1.29. The summed E-state index contributed by atoms with van der Waals surface area (Å²) in [6.45, 7) is 3.46. The number of sulfonamides is 1. The topological polar surface area (TPSA) is 127 Å². The second kappa shape index (κ2) is 6.10. The average Bonchev–Trinajstić information content (AvgIpc) is 2.82. The molecule has 9 nitrogen and oxygen atoms in total. The normalized spacial score (nSPS) is 18.0. The third kappa shape index (κ3) is 3.07. The zero-order chi connectivity index (χ0) is 15.6. The van der Waals surface area contributed by atoms with Gasteiger partial charge in [-0.3, -0.25) is 10.00 Å². The van der Waals surface area contributed by atoms with Gasteiger partial charge in [0.05, 0.1) is 6.61 Å². The maximum absolute atomic E-state index is 12.5. The molecule has 1 aromatic heterocycles. The number of hydrogen-bond acceptors (Lipinski definition) is 6. The molecule has 0 aromatic carbocycles. The van der Waals surface area contributed by atoms with Gasteiger partial charge < -0.3 is 10.2 Å². The first-order valence-electron chi connectivity index (χ1n) is 6.49. The molecule has 1 saturated heterocycles. The van der Waals surface area contributed by atoms with Crippen molar-refractivity contribution in [3.8, 4) is 0 Å². The molecular weight excluding hydrogens is 300 g/mol. The number of aliphatic hydroxyl groups is 1. The molecule has 0 aliphatic carbocycles. The molecule has 0 radical (unpaired) electrons. The number of aryl methyl sites for hydroxylation is 1. The van der Waals surface area contributed by atoms with E-state index in [1.165, 1.54) is 11.2 Å². The van der Waals surface area contributed by atoms with Gasteiger partial charge in [-0.15, -0.1) is 0 Å². The number of hydrogen-bond donors (Lipinski definition) is 3. The highest BCUT2D eigenvalue weighted by Crippen LogP contribution is 2.21. The lowest BCUT2D eigenvalue weighted by Crippen LogP contribution is -2.49. The summed E-state index contributed by atoms with van der Waals surface area (Å²) in [5.74, 6) is -1.32. The Morgan fingerprint density at radius 2 is 1.95 bits per heavy atom. The first kappa shape index (κ1) is 15.9. The summed E-state index contributed by atoms with van der Waals surface area (Å²) in [5.41, 5.74) is -0.104. The van der Waals surface area contributed by atoms with Crippen molar-refractivity contribution < 1.29 is 23.4 Å². The van der Waals surface area contributed by atoms with E-state index < -0.39 is 21.0 Å². The van der Waals surface area contributed by atoms with Crippen LogP contribution >= 0.6 is 0 Å². The maximum Gasteiger partial charge on any atom is 0.340 e. The van der Waals surface area contributed by atoms with E-state index in [4.69, 9.17) is 10.2 Å². The summed E-state index contributed by atoms with van der Waals surface area (Å²) in [6.07, 6.45) is 0. The van der Waals surface area contributed by atoms with Gasteiger partial charge in [0, 0.05) is 38.4 Å². The van der Waals surface area contributed by atoms with Crippen LogP contribution in [0.15, 0.2) is 5.03 Å². The van der Waals surface area contributed by atoms with E-state index in [9.17, 15) is 13.2 Å². The van der Waals surface area contributed by atoms with Crippen LogP contribution in [0.4, 0.5) is 0 Å². The Hall–Kier alpha value is -1.49. The van der Waals surface area contributed by atoms with Gasteiger partial charge in [0.25, 0.3) is 10.0 Å². The van der Waals surface area contributed by atoms with Crippen molar-refractivity contribution in [2.45, 2.75) is 11.9 Å². The summed E-state index contributed by atoms with van der Waals surface area (Å²) < 4.78 is 26.2. The Morgan fingerprint density at radius 3 is 2.48 bits per heavy atom. The molecular formula is C11H18N4O5S. The number of H-pyrrole nitrogens is 1. The molecule has 0 amide bonds. The minimum absolute atomic E-state index is 0.0223. The van der Waals surface area contributed by atoms with Crippen LogP contribution in [0.25, 0.3) is 0 Å². The molecule has 21 heavy (non-hydrogen) atoms. The fourth-order valence-electron chi connectivity index (χ4n) is 2.30. The number of aromatic carboxylic acids is 1. The Morgan fingerprint density at radius 1 is 1.33 bits per heavy atom. The van der Waals surface area contributed by atoms with E-state index in [1.54, 1.807) is 0 Å². The number of aromatic amines is 1. The molecule has 0 unspecified atom stereocenters. The number of nitrogens with zero attached hydrogens (tertiary/aromatic N) is 3. The van der Waals surface area contributed by atoms with Crippen LogP contribution in [-0.2, 0) is 10.0 Å². The lowest BCUT2D eigenvalue weighted by atomic mass is 10.3. The smallest absolute Gasteiger partial charge is 0.340 e. The number of nitrogens with one attached hydrogen (secondary N) is 1. The van der Waals surface area contributed by atoms with Gasteiger partial charge in [0.15, 0.2) is 0 Å². The van der Waals surface area contributed by atoms with E-state index in [2.05, 4.69) is 10.2 Å². The van der Waals surface area contributed by atoms with Crippen molar-refractivity contribution in [3.05, 3.63) is 11.3 Å². The number of aromatic nitrogens is 2. The number of carboxylic acids is 1. The van der Waals surface area contributed by atoms with Crippen LogP contribution in [0, 0.1) is 6.92 Å². The third-order valence-electron chi connectivity index (χ3n) is 3.46. The quantitative estimate of drug-likeness (QED) is 0.617. The number of β-amino-alcohol motifs (C(OH)–C–C–N with tert-alkyl or cyclic N) is 1. The number of carboxylic acid groups (broad SMARTS) is 1. The van der Waals surface area contributed by atoms with Crippen molar-refractivity contribution >= 4 is 16.0 Å². The summed E-state index contributed by atoms with van der Waals surface area (Å²) >= 11 is 0. The molecule has 2 heterocycles. The fourth-order valence-corrected chi connectivity index (χ4v) is 3.85. The second-order valence-electron chi connectivity index (χ2n) is 4.80. The van der Waals surface area contributed by atoms with Gasteiger partial charge in [0.2, 0.25) is 5.03 Å². The van der Waals surface area contributed by atoms with Gasteiger partial charge in [-0.1, -0.05) is 0 Å². The van der Waals surface area contributed by atoms with Crippen LogP contribution in [-0.4, -0.2) is 83.3 Å². The highest BCUT2D eigenvalue weighted by molar-refractivity contribution is 7.89. The van der Waals surface area contributed by atoms with Gasteiger partial charge in [-0.25, -0.2) is 13.2 Å². The van der Waals surface area contributed by atoms with E-state index >= 15 is 0 Å². The van der Waals surface area contributed by atoms with Crippen LogP contribution in [0.1, 0.15) is 16.1 Å². The molecule has 1 fully saturated rings. The van der Waals surface area contributed by atoms with Crippen molar-refractivity contribution in [2.75, 3.05) is 39.3 Å². The number of aliphatic hydroxyl groups excluding tert-OH is 1. The fraction of sp³-hybridized carbons (Fsp3) is 0.636. The van der Waals surface area contributed by atoms with Crippen molar-refractivity contribution in [3.63, 3.8) is 0 Å². The zero-order valence-corrected chi connectivity index (χ0v) is 12.4. The van der Waals surface area contributed by atoms with Gasteiger partial charge in [0.1, 0.15) is 5.56 Å². The number of rotatable bonds is 5. The number of carbonyl (C=O) groups is 1. The molecule has 1 aliphatic heterocycles. The van der Waals surface area contributed by atoms with E-state index in [0.717, 1.165) is 0 Å². The van der Waals surface area contributed by atoms with Crippen LogP contribution < -0.4 is 0 Å². The van der Waals surface area contributed by atoms with Crippen molar-refractivity contribution in [2.24, 2.45) is 0 Å². The van der Waals surface area contributed by atoms with Crippen LogP contribution in [0.5, 0.6) is 0 Å². The highest BCUT2D eigenvalue weighted by atomic mass is 32.2. The average molecular weight is 318 g/mol. The summed E-state index contributed by atoms with van der Waals surface area (Å²) in [6, 6.07) is 0. The van der Waals surface area contributed by atoms with Crippen LogP contribution in [0.3, 0.4) is 0 Å². The summed E-state index contributed by atoms with van der Waals surface area (Å²) in [5, 5.41) is 23.6. The SMILES string of the molecule is Cc1[nH]nc(S(=O)(=O)N2CCN(CCO)CC2)c1C(=O)O. The first-order valence-corrected chi connectivity index (χ1v) is 7.93. The van der Waals surface area contributed by atoms with Crippen molar-refractivity contribution in [1.29, 1.82) is 0 Å². The zero-order valence-electron chi connectivity index (χ0n) is 11.6. The molecule has 0 spiro atoms. The third-order valence-corrected chi connectivity index (χ3v) is 5.29. The molecule has 0 atom stereocenters. The molecule has 3 N–H and O–H groups in total. The number of piperazine rings is 1. The van der Waals surface area contributed by atoms with E-state index in [0.29, 0.717) is 19.6 Å². The maximum atomic E-state index is 12.5. The van der Waals surface area contributed by atoms with E-state index in [-0.39, 0.29) is 31.0 Å². The van der Waals surface area contributed by atoms with Gasteiger partial charge in [-0.05, 0) is 6.92 Å². The van der Waals surface area contributed by atoms with Crippen molar-refractivity contribution in [1.82, 2.24) is 19.4 Å².